The molecule has 1 fully saturated rings. The van der Waals surface area contributed by atoms with E-state index in [2.05, 4.69) is 10.3 Å². The highest BCUT2D eigenvalue weighted by Gasteiger charge is 2.32. The van der Waals surface area contributed by atoms with Crippen molar-refractivity contribution in [1.82, 2.24) is 24.8 Å². The van der Waals surface area contributed by atoms with Gasteiger partial charge in [-0.1, -0.05) is 41.1 Å². The van der Waals surface area contributed by atoms with Crippen molar-refractivity contribution >= 4 is 23.4 Å². The van der Waals surface area contributed by atoms with E-state index in [1.54, 1.807) is 14.5 Å². The van der Waals surface area contributed by atoms with Crippen LogP contribution in [0.5, 0.6) is 5.75 Å². The lowest BCUT2D eigenvalue weighted by Gasteiger charge is -2.34. The van der Waals surface area contributed by atoms with E-state index in [0.717, 1.165) is 11.1 Å². The van der Waals surface area contributed by atoms with Crippen LogP contribution in [0.3, 0.4) is 0 Å². The van der Waals surface area contributed by atoms with Crippen LogP contribution in [-0.2, 0) is 22.7 Å². The van der Waals surface area contributed by atoms with Crippen LogP contribution in [0.25, 0.3) is 0 Å². The first-order chi connectivity index (χ1) is 17.0. The maximum atomic E-state index is 13.2. The smallest absolute Gasteiger partial charge is 0.276 e. The van der Waals surface area contributed by atoms with Gasteiger partial charge in [0.25, 0.3) is 11.8 Å². The van der Waals surface area contributed by atoms with Crippen molar-refractivity contribution in [3.8, 4) is 5.75 Å². The van der Waals surface area contributed by atoms with Crippen LogP contribution in [0.2, 0.25) is 5.02 Å². The van der Waals surface area contributed by atoms with Crippen molar-refractivity contribution in [2.24, 2.45) is 0 Å². The molecule has 1 aromatic heterocycles. The number of carbonyl (C=O) groups is 2. The minimum atomic E-state index is -0.192. The molecule has 10 heteroatoms. The van der Waals surface area contributed by atoms with Crippen LogP contribution < -0.4 is 4.74 Å². The Morgan fingerprint density at radius 1 is 1.09 bits per heavy atom. The van der Waals surface area contributed by atoms with Gasteiger partial charge in [-0.05, 0) is 42.3 Å². The molecular formula is C25H26ClN5O4. The molecule has 0 spiro atoms. The van der Waals surface area contributed by atoms with Crippen molar-refractivity contribution in [2.75, 3.05) is 32.8 Å². The number of piperazine rings is 1. The van der Waals surface area contributed by atoms with Crippen molar-refractivity contribution in [2.45, 2.75) is 26.2 Å². The van der Waals surface area contributed by atoms with E-state index < -0.39 is 0 Å². The van der Waals surface area contributed by atoms with Gasteiger partial charge in [-0.3, -0.25) is 9.59 Å². The predicted octanol–water partition coefficient (Wildman–Crippen LogP) is 2.87. The number of ether oxygens (including phenoxy) is 2. The topological polar surface area (TPSA) is 89.8 Å². The zero-order chi connectivity index (χ0) is 24.4. The summed E-state index contributed by atoms with van der Waals surface area (Å²) in [6, 6.07) is 15.1. The molecule has 1 atom stereocenters. The Morgan fingerprint density at radius 3 is 2.57 bits per heavy atom. The number of carbonyl (C=O) groups excluding carboxylic acids is 2. The van der Waals surface area contributed by atoms with Gasteiger partial charge < -0.3 is 19.3 Å². The van der Waals surface area contributed by atoms with Crippen molar-refractivity contribution in [3.05, 3.63) is 76.1 Å². The summed E-state index contributed by atoms with van der Waals surface area (Å²) in [5, 5.41) is 9.03. The first kappa shape index (κ1) is 23.3. The number of rotatable bonds is 5. The third kappa shape index (κ3) is 5.16. The van der Waals surface area contributed by atoms with Gasteiger partial charge in [0.1, 0.15) is 11.9 Å². The van der Waals surface area contributed by atoms with E-state index in [0.29, 0.717) is 54.9 Å². The van der Waals surface area contributed by atoms with E-state index in [-0.39, 0.29) is 31.1 Å². The zero-order valence-corrected chi connectivity index (χ0v) is 20.1. The molecule has 182 valence electrons. The van der Waals surface area contributed by atoms with Crippen LogP contribution >= 0.6 is 11.6 Å². The van der Waals surface area contributed by atoms with Crippen LogP contribution in [0.4, 0.5) is 0 Å². The summed E-state index contributed by atoms with van der Waals surface area (Å²) in [6.07, 6.45) is -0.180. The second-order valence-electron chi connectivity index (χ2n) is 8.70. The number of amides is 2. The quantitative estimate of drug-likeness (QED) is 0.540. The van der Waals surface area contributed by atoms with Crippen LogP contribution in [0.15, 0.2) is 48.5 Å². The first-order valence-electron chi connectivity index (χ1n) is 11.5. The monoisotopic (exact) mass is 495 g/mol. The Hall–Kier alpha value is -3.43. The Labute approximate surface area is 208 Å². The molecule has 2 aliphatic heterocycles. The average molecular weight is 496 g/mol. The predicted molar refractivity (Wildman–Crippen MR) is 128 cm³/mol. The largest absolute Gasteiger partial charge is 0.484 e. The second kappa shape index (κ2) is 10.1. The second-order valence-corrected chi connectivity index (χ2v) is 9.13. The Bertz CT molecular complexity index is 1220. The fraction of sp³-hybridized carbons (Fsp3) is 0.360. The minimum Gasteiger partial charge on any atom is -0.484 e. The SMILES string of the molecule is Cc1cccc(OCC(=O)N2CCN(C(=O)c3nnn4c3CO[C@H](c3ccc(Cl)cc3)C4)CC2)c1. The van der Waals surface area contributed by atoms with E-state index >= 15 is 0 Å². The Balaban J connectivity index is 1.15. The molecule has 0 aliphatic carbocycles. The lowest BCUT2D eigenvalue weighted by Crippen LogP contribution is -2.51. The van der Waals surface area contributed by atoms with E-state index in [4.69, 9.17) is 21.1 Å². The minimum absolute atomic E-state index is 0.0258. The molecule has 5 rings (SSSR count). The molecule has 2 aliphatic rings. The summed E-state index contributed by atoms with van der Waals surface area (Å²) in [5.74, 6) is 0.383. The summed E-state index contributed by atoms with van der Waals surface area (Å²) in [5.41, 5.74) is 3.05. The van der Waals surface area contributed by atoms with E-state index in [1.165, 1.54) is 0 Å². The third-order valence-electron chi connectivity index (χ3n) is 6.31. The maximum absolute atomic E-state index is 13.2. The number of hydrogen-bond acceptors (Lipinski definition) is 6. The molecule has 1 saturated heterocycles. The third-order valence-corrected chi connectivity index (χ3v) is 6.57. The molecule has 2 amide bonds. The first-order valence-corrected chi connectivity index (χ1v) is 11.9. The molecule has 35 heavy (non-hydrogen) atoms. The summed E-state index contributed by atoms with van der Waals surface area (Å²) in [7, 11) is 0. The van der Waals surface area contributed by atoms with Gasteiger partial charge in [-0.25, -0.2) is 4.68 Å². The number of benzene rings is 2. The lowest BCUT2D eigenvalue weighted by molar-refractivity contribution is -0.134. The van der Waals surface area contributed by atoms with Gasteiger partial charge in [-0.2, -0.15) is 0 Å². The van der Waals surface area contributed by atoms with Crippen LogP contribution in [0.1, 0.15) is 33.4 Å². The molecule has 2 aromatic carbocycles. The molecule has 0 saturated carbocycles. The molecule has 9 nitrogen and oxygen atoms in total. The fourth-order valence-electron chi connectivity index (χ4n) is 4.31. The zero-order valence-electron chi connectivity index (χ0n) is 19.4. The normalized spacial score (nSPS) is 17.7. The van der Waals surface area contributed by atoms with Crippen LogP contribution in [-0.4, -0.2) is 69.4 Å². The van der Waals surface area contributed by atoms with E-state index in [1.807, 2.05) is 55.5 Å². The highest BCUT2D eigenvalue weighted by molar-refractivity contribution is 6.30. The number of fused-ring (bicyclic) bond motifs is 1. The standard InChI is InChI=1S/C25H26ClN5O4/c1-17-3-2-4-20(13-17)34-16-23(32)29-9-11-30(12-10-29)25(33)24-21-15-35-22(14-31(21)28-27-24)18-5-7-19(26)8-6-18/h2-8,13,22H,9-12,14-16H2,1H3/t22-/m0/s1. The molecule has 0 bridgehead atoms. The number of halogens is 1. The summed E-state index contributed by atoms with van der Waals surface area (Å²) < 4.78 is 13.4. The number of aromatic nitrogens is 3. The fourth-order valence-corrected chi connectivity index (χ4v) is 4.43. The van der Waals surface area contributed by atoms with Gasteiger partial charge >= 0.3 is 0 Å². The Morgan fingerprint density at radius 2 is 1.83 bits per heavy atom. The highest BCUT2D eigenvalue weighted by atomic mass is 35.5. The summed E-state index contributed by atoms with van der Waals surface area (Å²) >= 11 is 5.98. The van der Waals surface area contributed by atoms with Gasteiger partial charge in [0.15, 0.2) is 12.3 Å². The van der Waals surface area contributed by atoms with Crippen LogP contribution in [0, 0.1) is 6.92 Å². The van der Waals surface area contributed by atoms with Gasteiger partial charge in [0.2, 0.25) is 0 Å². The number of aryl methyl sites for hydroxylation is 1. The maximum Gasteiger partial charge on any atom is 0.276 e. The number of hydrogen-bond donors (Lipinski definition) is 0. The molecule has 0 radical (unpaired) electrons. The van der Waals surface area contributed by atoms with Gasteiger partial charge in [0.05, 0.1) is 18.8 Å². The lowest BCUT2D eigenvalue weighted by atomic mass is 10.1. The molecule has 0 unspecified atom stereocenters. The van der Waals surface area contributed by atoms with Crippen molar-refractivity contribution in [1.29, 1.82) is 0 Å². The molecule has 0 N–H and O–H groups in total. The van der Waals surface area contributed by atoms with Gasteiger partial charge in [0, 0.05) is 31.2 Å². The summed E-state index contributed by atoms with van der Waals surface area (Å²) in [6.45, 7) is 4.41. The average Bonchev–Trinajstić information content (AvgIpc) is 3.31. The number of nitrogens with zero attached hydrogens (tertiary/aromatic N) is 5. The van der Waals surface area contributed by atoms with Crippen molar-refractivity contribution < 1.29 is 19.1 Å². The summed E-state index contributed by atoms with van der Waals surface area (Å²) in [4.78, 5) is 29.2. The molecule has 3 heterocycles. The van der Waals surface area contributed by atoms with Gasteiger partial charge in [-0.15, -0.1) is 5.10 Å². The van der Waals surface area contributed by atoms with Crippen molar-refractivity contribution in [3.63, 3.8) is 0 Å². The highest BCUT2D eigenvalue weighted by Crippen LogP contribution is 2.28. The van der Waals surface area contributed by atoms with E-state index in [9.17, 15) is 9.59 Å². The molecule has 3 aromatic rings. The Kier molecular flexibility index (Phi) is 6.70. The molecular weight excluding hydrogens is 470 g/mol.